The van der Waals surface area contributed by atoms with Crippen LogP contribution in [0.1, 0.15) is 54.4 Å². The number of nitrogens with one attached hydrogen (secondary N) is 2. The zero-order chi connectivity index (χ0) is 21.3. The van der Waals surface area contributed by atoms with E-state index in [9.17, 15) is 14.4 Å². The molecule has 29 heavy (non-hydrogen) atoms. The number of carbonyl (C=O) groups is 3. The number of imide groups is 1. The standard InChI is InChI=1S/C22H27N3O3S/c1-13-8-6-9-15(14(13)2)18-20(27)25(21(28)24-18)12-17(26)23-19(22(3,4)5)16-10-7-11-29-16/h6-11,18-19H,12H2,1-5H3,(H,23,26)(H,24,28)/t18-,19-/m1/s1. The molecule has 0 bridgehead atoms. The highest BCUT2D eigenvalue weighted by atomic mass is 32.1. The van der Waals surface area contributed by atoms with Crippen LogP contribution in [0.25, 0.3) is 0 Å². The van der Waals surface area contributed by atoms with Crippen LogP contribution in [0.2, 0.25) is 0 Å². The van der Waals surface area contributed by atoms with Gasteiger partial charge >= 0.3 is 6.03 Å². The second-order valence-electron chi connectivity index (χ2n) is 8.48. The number of rotatable bonds is 5. The van der Waals surface area contributed by atoms with Gasteiger partial charge in [0.05, 0.1) is 6.04 Å². The van der Waals surface area contributed by atoms with E-state index in [4.69, 9.17) is 0 Å². The van der Waals surface area contributed by atoms with Crippen LogP contribution in [0.3, 0.4) is 0 Å². The number of thiophene rings is 1. The van der Waals surface area contributed by atoms with Crippen LogP contribution < -0.4 is 10.6 Å². The Kier molecular flexibility index (Phi) is 5.80. The summed E-state index contributed by atoms with van der Waals surface area (Å²) in [5, 5.41) is 7.68. The van der Waals surface area contributed by atoms with Crippen LogP contribution in [0.15, 0.2) is 35.7 Å². The minimum Gasteiger partial charge on any atom is -0.346 e. The van der Waals surface area contributed by atoms with Gasteiger partial charge in [-0.2, -0.15) is 0 Å². The SMILES string of the molecule is Cc1cccc([C@H]2NC(=O)N(CC(=O)N[C@H](c3cccs3)C(C)(C)C)C2=O)c1C. The highest BCUT2D eigenvalue weighted by Gasteiger charge is 2.41. The summed E-state index contributed by atoms with van der Waals surface area (Å²) >= 11 is 1.57. The smallest absolute Gasteiger partial charge is 0.325 e. The molecule has 0 radical (unpaired) electrons. The summed E-state index contributed by atoms with van der Waals surface area (Å²) in [5.74, 6) is -0.759. The molecule has 4 amide bonds. The lowest BCUT2D eigenvalue weighted by molar-refractivity contribution is -0.132. The van der Waals surface area contributed by atoms with E-state index in [1.807, 2.05) is 70.3 Å². The van der Waals surface area contributed by atoms with E-state index in [0.29, 0.717) is 0 Å². The molecule has 154 valence electrons. The second kappa shape index (κ2) is 7.99. The molecule has 2 N–H and O–H groups in total. The molecule has 1 aromatic carbocycles. The van der Waals surface area contributed by atoms with Crippen molar-refractivity contribution >= 4 is 29.2 Å². The van der Waals surface area contributed by atoms with Gasteiger partial charge < -0.3 is 10.6 Å². The van der Waals surface area contributed by atoms with E-state index >= 15 is 0 Å². The van der Waals surface area contributed by atoms with Crippen LogP contribution in [-0.4, -0.2) is 29.3 Å². The van der Waals surface area contributed by atoms with Crippen molar-refractivity contribution in [3.63, 3.8) is 0 Å². The van der Waals surface area contributed by atoms with Gasteiger partial charge in [0.25, 0.3) is 5.91 Å². The van der Waals surface area contributed by atoms with Crippen molar-refractivity contribution < 1.29 is 14.4 Å². The predicted molar refractivity (Wildman–Crippen MR) is 114 cm³/mol. The third-order valence-corrected chi connectivity index (χ3v) is 6.22. The first-order valence-corrected chi connectivity index (χ1v) is 10.5. The molecule has 2 heterocycles. The summed E-state index contributed by atoms with van der Waals surface area (Å²) in [4.78, 5) is 40.1. The van der Waals surface area contributed by atoms with Crippen molar-refractivity contribution in [3.05, 3.63) is 57.3 Å². The molecule has 1 aliphatic heterocycles. The number of hydrogen-bond donors (Lipinski definition) is 2. The average molecular weight is 414 g/mol. The van der Waals surface area contributed by atoms with Crippen molar-refractivity contribution in [3.8, 4) is 0 Å². The molecular formula is C22H27N3O3S. The largest absolute Gasteiger partial charge is 0.346 e. The lowest BCUT2D eigenvalue weighted by Crippen LogP contribution is -2.44. The normalized spacial score (nSPS) is 18.0. The van der Waals surface area contributed by atoms with E-state index in [1.165, 1.54) is 0 Å². The molecule has 6 nitrogen and oxygen atoms in total. The topological polar surface area (TPSA) is 78.5 Å². The monoisotopic (exact) mass is 413 g/mol. The highest BCUT2D eigenvalue weighted by Crippen LogP contribution is 2.35. The van der Waals surface area contributed by atoms with Crippen LogP contribution >= 0.6 is 11.3 Å². The maximum Gasteiger partial charge on any atom is 0.325 e. The van der Waals surface area contributed by atoms with E-state index in [0.717, 1.165) is 26.5 Å². The highest BCUT2D eigenvalue weighted by molar-refractivity contribution is 7.10. The summed E-state index contributed by atoms with van der Waals surface area (Å²) in [7, 11) is 0. The van der Waals surface area contributed by atoms with E-state index in [1.54, 1.807) is 11.3 Å². The van der Waals surface area contributed by atoms with Crippen molar-refractivity contribution in [2.75, 3.05) is 6.54 Å². The Balaban J connectivity index is 1.74. The van der Waals surface area contributed by atoms with Crippen molar-refractivity contribution in [1.82, 2.24) is 15.5 Å². The minimum atomic E-state index is -0.758. The number of urea groups is 1. The second-order valence-corrected chi connectivity index (χ2v) is 9.46. The number of benzene rings is 1. The van der Waals surface area contributed by atoms with Gasteiger partial charge in [-0.25, -0.2) is 4.79 Å². The Morgan fingerprint density at radius 1 is 1.21 bits per heavy atom. The molecule has 1 aliphatic rings. The van der Waals surface area contributed by atoms with Gasteiger partial charge in [0, 0.05) is 4.88 Å². The van der Waals surface area contributed by atoms with Crippen LogP contribution in [0.4, 0.5) is 4.79 Å². The Morgan fingerprint density at radius 2 is 1.93 bits per heavy atom. The Labute approximate surface area is 175 Å². The average Bonchev–Trinajstić information content (AvgIpc) is 3.25. The van der Waals surface area contributed by atoms with Crippen LogP contribution in [-0.2, 0) is 9.59 Å². The number of nitrogens with zero attached hydrogens (tertiary/aromatic N) is 1. The number of carbonyl (C=O) groups excluding carboxylic acids is 3. The zero-order valence-corrected chi connectivity index (χ0v) is 18.2. The van der Waals surface area contributed by atoms with Crippen molar-refractivity contribution in [2.45, 2.75) is 46.7 Å². The lowest BCUT2D eigenvalue weighted by Gasteiger charge is -2.31. The molecule has 0 saturated carbocycles. The number of amides is 4. The summed E-state index contributed by atoms with van der Waals surface area (Å²) in [5.41, 5.74) is 2.56. The maximum absolute atomic E-state index is 12.9. The van der Waals surface area contributed by atoms with Gasteiger partial charge in [-0.3, -0.25) is 14.5 Å². The first-order valence-electron chi connectivity index (χ1n) is 9.60. The van der Waals surface area contributed by atoms with Gasteiger partial charge in [-0.15, -0.1) is 11.3 Å². The fraction of sp³-hybridized carbons (Fsp3) is 0.409. The Bertz CT molecular complexity index is 931. The summed E-state index contributed by atoms with van der Waals surface area (Å²) in [6.07, 6.45) is 0. The van der Waals surface area contributed by atoms with Crippen molar-refractivity contribution in [1.29, 1.82) is 0 Å². The molecule has 0 aliphatic carbocycles. The van der Waals surface area contributed by atoms with E-state index in [-0.39, 0.29) is 23.9 Å². The molecule has 0 unspecified atom stereocenters. The first kappa shape index (κ1) is 21.0. The van der Waals surface area contributed by atoms with E-state index < -0.39 is 18.0 Å². The van der Waals surface area contributed by atoms with Gasteiger partial charge in [0.15, 0.2) is 0 Å². The molecule has 1 fully saturated rings. The van der Waals surface area contributed by atoms with E-state index in [2.05, 4.69) is 10.6 Å². The molecule has 3 rings (SSSR count). The quantitative estimate of drug-likeness (QED) is 0.731. The zero-order valence-electron chi connectivity index (χ0n) is 17.4. The summed E-state index contributed by atoms with van der Waals surface area (Å²) in [6.45, 7) is 9.71. The maximum atomic E-state index is 12.9. The van der Waals surface area contributed by atoms with Crippen LogP contribution in [0, 0.1) is 19.3 Å². The molecule has 1 aromatic heterocycles. The summed E-state index contributed by atoms with van der Waals surface area (Å²) in [6, 6.07) is 8.07. The number of hydrogen-bond acceptors (Lipinski definition) is 4. The Morgan fingerprint density at radius 3 is 2.55 bits per heavy atom. The third kappa shape index (κ3) is 4.34. The summed E-state index contributed by atoms with van der Waals surface area (Å²) < 4.78 is 0. The molecule has 2 atom stereocenters. The molecule has 2 aromatic rings. The lowest BCUT2D eigenvalue weighted by atomic mass is 9.85. The third-order valence-electron chi connectivity index (χ3n) is 5.28. The Hall–Kier alpha value is -2.67. The molecule has 7 heteroatoms. The molecular weight excluding hydrogens is 386 g/mol. The minimum absolute atomic E-state index is 0.203. The predicted octanol–water partition coefficient (Wildman–Crippen LogP) is 3.86. The van der Waals surface area contributed by atoms with Gasteiger partial charge in [0.2, 0.25) is 5.91 Å². The number of aryl methyl sites for hydroxylation is 1. The molecule has 0 spiro atoms. The van der Waals surface area contributed by atoms with Crippen molar-refractivity contribution in [2.24, 2.45) is 5.41 Å². The van der Waals surface area contributed by atoms with Gasteiger partial charge in [-0.05, 0) is 47.4 Å². The fourth-order valence-electron chi connectivity index (χ4n) is 3.49. The molecule has 1 saturated heterocycles. The first-order chi connectivity index (χ1) is 13.6. The van der Waals surface area contributed by atoms with Gasteiger partial charge in [-0.1, -0.05) is 45.0 Å². The van der Waals surface area contributed by atoms with Gasteiger partial charge in [0.1, 0.15) is 12.6 Å². The fourth-order valence-corrected chi connectivity index (χ4v) is 4.51. The van der Waals surface area contributed by atoms with Crippen LogP contribution in [0.5, 0.6) is 0 Å².